The Labute approximate surface area is 121 Å². The van der Waals surface area contributed by atoms with E-state index in [1.165, 1.54) is 6.07 Å². The van der Waals surface area contributed by atoms with Gasteiger partial charge in [0.05, 0.1) is 18.6 Å². The minimum atomic E-state index is -4.91. The zero-order valence-electron chi connectivity index (χ0n) is 10.3. The molecule has 0 radical (unpaired) electrons. The lowest BCUT2D eigenvalue weighted by molar-refractivity contribution is -0.275. The highest BCUT2D eigenvalue weighted by Crippen LogP contribution is 2.33. The van der Waals surface area contributed by atoms with E-state index in [0.29, 0.717) is 0 Å². The number of esters is 1. The summed E-state index contributed by atoms with van der Waals surface area (Å²) in [4.78, 5) is 11.4. The maximum Gasteiger partial charge on any atom is 0.573 e. The highest BCUT2D eigenvalue weighted by atomic mass is 79.9. The Balaban J connectivity index is 3.24. The number of carbonyl (C=O) groups is 1. The van der Waals surface area contributed by atoms with Crippen molar-refractivity contribution in [2.24, 2.45) is 0 Å². The van der Waals surface area contributed by atoms with Crippen LogP contribution in [0.1, 0.15) is 18.1 Å². The predicted molar refractivity (Wildman–Crippen MR) is 65.9 cm³/mol. The van der Waals surface area contributed by atoms with Gasteiger partial charge in [-0.25, -0.2) is 0 Å². The second-order valence-electron chi connectivity index (χ2n) is 3.54. The Morgan fingerprint density at radius 3 is 2.60 bits per heavy atom. The molecular weight excluding hydrogens is 343 g/mol. The van der Waals surface area contributed by atoms with Crippen molar-refractivity contribution in [2.45, 2.75) is 19.7 Å². The highest BCUT2D eigenvalue weighted by Gasteiger charge is 2.33. The van der Waals surface area contributed by atoms with E-state index in [-0.39, 0.29) is 22.2 Å². The summed E-state index contributed by atoms with van der Waals surface area (Å²) in [5.74, 6) is -1.33. The highest BCUT2D eigenvalue weighted by molar-refractivity contribution is 9.10. The molecule has 4 nitrogen and oxygen atoms in total. The van der Waals surface area contributed by atoms with E-state index in [1.807, 2.05) is 0 Å². The lowest BCUT2D eigenvalue weighted by Gasteiger charge is -2.14. The molecule has 0 spiro atoms. The van der Waals surface area contributed by atoms with Gasteiger partial charge in [0.15, 0.2) is 0 Å². The summed E-state index contributed by atoms with van der Waals surface area (Å²) in [6.07, 6.45) is -5.40. The van der Waals surface area contributed by atoms with E-state index in [4.69, 9.17) is 5.26 Å². The number of rotatable bonds is 4. The number of alkyl halides is 3. The van der Waals surface area contributed by atoms with Crippen molar-refractivity contribution in [1.82, 2.24) is 0 Å². The standard InChI is InChI=1S/C12H9BrF3NO3/c1-2-19-11(18)5-7-8(6-17)9(13)3-4-10(7)20-12(14,15)16/h3-4H,2,5H2,1H3. The molecule has 0 saturated carbocycles. The Kier molecular flexibility index (Phi) is 5.39. The molecule has 0 unspecified atom stereocenters. The van der Waals surface area contributed by atoms with Crippen LogP contribution in [-0.4, -0.2) is 18.9 Å². The van der Waals surface area contributed by atoms with Crippen LogP contribution in [0.25, 0.3) is 0 Å². The van der Waals surface area contributed by atoms with Gasteiger partial charge in [-0.15, -0.1) is 13.2 Å². The number of halogens is 4. The Bertz CT molecular complexity index is 552. The Morgan fingerprint density at radius 1 is 1.45 bits per heavy atom. The molecule has 0 saturated heterocycles. The van der Waals surface area contributed by atoms with Gasteiger partial charge in [-0.1, -0.05) is 0 Å². The summed E-state index contributed by atoms with van der Waals surface area (Å²) in [5.41, 5.74) is -0.266. The zero-order valence-corrected chi connectivity index (χ0v) is 11.8. The van der Waals surface area contributed by atoms with Crippen LogP contribution in [0.5, 0.6) is 5.75 Å². The molecule has 0 fully saturated rings. The topological polar surface area (TPSA) is 59.3 Å². The molecule has 0 amide bonds. The molecule has 0 heterocycles. The van der Waals surface area contributed by atoms with Crippen LogP contribution in [0.3, 0.4) is 0 Å². The molecule has 8 heteroatoms. The monoisotopic (exact) mass is 351 g/mol. The Morgan fingerprint density at radius 2 is 2.10 bits per heavy atom. The van der Waals surface area contributed by atoms with Gasteiger partial charge < -0.3 is 9.47 Å². The van der Waals surface area contributed by atoms with Crippen LogP contribution in [-0.2, 0) is 16.0 Å². The number of ether oxygens (including phenoxy) is 2. The second-order valence-corrected chi connectivity index (χ2v) is 4.39. The molecule has 0 atom stereocenters. The average molecular weight is 352 g/mol. The summed E-state index contributed by atoms with van der Waals surface area (Å²) >= 11 is 3.04. The van der Waals surface area contributed by atoms with Crippen LogP contribution < -0.4 is 4.74 Å². The molecular formula is C12H9BrF3NO3. The number of hydrogen-bond acceptors (Lipinski definition) is 4. The van der Waals surface area contributed by atoms with Crippen molar-refractivity contribution < 1.29 is 27.4 Å². The molecule has 1 aromatic carbocycles. The van der Waals surface area contributed by atoms with Gasteiger partial charge in [0.25, 0.3) is 0 Å². The van der Waals surface area contributed by atoms with Gasteiger partial charge in [0, 0.05) is 10.0 Å². The van der Waals surface area contributed by atoms with Gasteiger partial charge in [-0.05, 0) is 35.0 Å². The maximum atomic E-state index is 12.3. The SMILES string of the molecule is CCOC(=O)Cc1c(OC(F)(F)F)ccc(Br)c1C#N. The third-order valence-electron chi connectivity index (χ3n) is 2.18. The maximum absolute atomic E-state index is 12.3. The first-order chi connectivity index (χ1) is 9.28. The smallest absolute Gasteiger partial charge is 0.466 e. The minimum absolute atomic E-state index is 0.0875. The lowest BCUT2D eigenvalue weighted by Crippen LogP contribution is -2.19. The third kappa shape index (κ3) is 4.42. The van der Waals surface area contributed by atoms with E-state index in [0.717, 1.165) is 6.07 Å². The summed E-state index contributed by atoms with van der Waals surface area (Å²) < 4.78 is 45.7. The summed E-state index contributed by atoms with van der Waals surface area (Å²) in [6, 6.07) is 4.01. The first-order valence-corrected chi connectivity index (χ1v) is 6.20. The number of hydrogen-bond donors (Lipinski definition) is 0. The van der Waals surface area contributed by atoms with Crippen molar-refractivity contribution in [3.63, 3.8) is 0 Å². The van der Waals surface area contributed by atoms with Crippen LogP contribution in [0.2, 0.25) is 0 Å². The van der Waals surface area contributed by atoms with Gasteiger partial charge in [0.2, 0.25) is 0 Å². The number of carbonyl (C=O) groups excluding carboxylic acids is 1. The molecule has 1 aromatic rings. The van der Waals surface area contributed by atoms with E-state index in [2.05, 4.69) is 25.4 Å². The van der Waals surface area contributed by atoms with Crippen LogP contribution >= 0.6 is 15.9 Å². The minimum Gasteiger partial charge on any atom is -0.466 e. The van der Waals surface area contributed by atoms with E-state index in [1.54, 1.807) is 13.0 Å². The molecule has 0 aliphatic rings. The largest absolute Gasteiger partial charge is 0.573 e. The summed E-state index contributed by atoms with van der Waals surface area (Å²) in [7, 11) is 0. The van der Waals surface area contributed by atoms with Gasteiger partial charge in [-0.3, -0.25) is 4.79 Å². The van der Waals surface area contributed by atoms with Crippen LogP contribution in [0.15, 0.2) is 16.6 Å². The predicted octanol–water partition coefficient (Wildman–Crippen LogP) is 3.32. The molecule has 0 aliphatic carbocycles. The molecule has 1 rings (SSSR count). The fraction of sp³-hybridized carbons (Fsp3) is 0.333. The summed E-state index contributed by atoms with van der Waals surface area (Å²) in [6.45, 7) is 1.65. The quantitative estimate of drug-likeness (QED) is 0.780. The lowest BCUT2D eigenvalue weighted by atomic mass is 10.0. The Hall–Kier alpha value is -1.75. The molecule has 0 aliphatic heterocycles. The number of nitrogens with zero attached hydrogens (tertiary/aromatic N) is 1. The second kappa shape index (κ2) is 6.61. The van der Waals surface area contributed by atoms with E-state index >= 15 is 0 Å². The van der Waals surface area contributed by atoms with Gasteiger partial charge >= 0.3 is 12.3 Å². The van der Waals surface area contributed by atoms with Crippen LogP contribution in [0.4, 0.5) is 13.2 Å². The van der Waals surface area contributed by atoms with E-state index in [9.17, 15) is 18.0 Å². The fourth-order valence-electron chi connectivity index (χ4n) is 1.47. The molecule has 108 valence electrons. The summed E-state index contributed by atoms with van der Waals surface area (Å²) in [5, 5.41) is 9.00. The number of benzene rings is 1. The fourth-order valence-corrected chi connectivity index (χ4v) is 1.93. The molecule has 0 N–H and O–H groups in total. The normalized spacial score (nSPS) is 10.8. The van der Waals surface area contributed by atoms with Crippen molar-refractivity contribution in [3.05, 3.63) is 27.7 Å². The zero-order chi connectivity index (χ0) is 15.3. The van der Waals surface area contributed by atoms with Crippen molar-refractivity contribution in [3.8, 4) is 11.8 Å². The first kappa shape index (κ1) is 16.3. The first-order valence-electron chi connectivity index (χ1n) is 5.41. The van der Waals surface area contributed by atoms with Crippen molar-refractivity contribution in [2.75, 3.05) is 6.61 Å². The molecule has 20 heavy (non-hydrogen) atoms. The van der Waals surface area contributed by atoms with E-state index < -0.39 is 24.5 Å². The number of nitriles is 1. The third-order valence-corrected chi connectivity index (χ3v) is 2.84. The van der Waals surface area contributed by atoms with Gasteiger partial charge in [-0.2, -0.15) is 5.26 Å². The molecule has 0 aromatic heterocycles. The average Bonchev–Trinajstić information content (AvgIpc) is 2.32. The molecule has 0 bridgehead atoms. The van der Waals surface area contributed by atoms with Crippen molar-refractivity contribution in [1.29, 1.82) is 5.26 Å². The van der Waals surface area contributed by atoms with Gasteiger partial charge in [0.1, 0.15) is 11.8 Å². The van der Waals surface area contributed by atoms with Crippen LogP contribution in [0, 0.1) is 11.3 Å². The van der Waals surface area contributed by atoms with Crippen molar-refractivity contribution >= 4 is 21.9 Å².